The Morgan fingerprint density at radius 3 is 2.66 bits per heavy atom. The summed E-state index contributed by atoms with van der Waals surface area (Å²) >= 11 is 0. The molecule has 2 atom stereocenters. The van der Waals surface area contributed by atoms with Gasteiger partial charge in [0.2, 0.25) is 5.95 Å². The molecule has 7 heteroatoms. The molecule has 0 amide bonds. The molecule has 1 N–H and O–H groups in total. The molecule has 2 aromatic carbocycles. The van der Waals surface area contributed by atoms with E-state index in [1.54, 1.807) is 12.1 Å². The van der Waals surface area contributed by atoms with Crippen molar-refractivity contribution in [3.63, 3.8) is 0 Å². The second-order valence-corrected chi connectivity index (χ2v) is 7.61. The van der Waals surface area contributed by atoms with E-state index in [0.29, 0.717) is 35.8 Å². The van der Waals surface area contributed by atoms with Crippen LogP contribution < -0.4 is 10.5 Å². The summed E-state index contributed by atoms with van der Waals surface area (Å²) in [5.41, 5.74) is 2.22. The maximum atomic E-state index is 14.9. The molecular weight excluding hydrogens is 371 g/mol. The molecule has 4 aromatic rings. The molecular formula is C22H21FN4O2. The Hall–Kier alpha value is -3.19. The molecule has 0 saturated carbocycles. The van der Waals surface area contributed by atoms with Gasteiger partial charge in [-0.1, -0.05) is 18.2 Å². The minimum Gasteiger partial charge on any atom is -0.372 e. The zero-order valence-corrected chi connectivity index (χ0v) is 16.2. The summed E-state index contributed by atoms with van der Waals surface area (Å²) in [5.74, 6) is 0.0568. The lowest BCUT2D eigenvalue weighted by Crippen LogP contribution is -2.45. The number of hydrogen-bond donors (Lipinski definition) is 1. The van der Waals surface area contributed by atoms with Crippen LogP contribution >= 0.6 is 0 Å². The number of aromatic amines is 1. The van der Waals surface area contributed by atoms with Gasteiger partial charge in [0.15, 0.2) is 0 Å². The molecule has 3 heterocycles. The first-order valence-corrected chi connectivity index (χ1v) is 9.70. The predicted molar refractivity (Wildman–Crippen MR) is 111 cm³/mol. The van der Waals surface area contributed by atoms with Crippen molar-refractivity contribution < 1.29 is 9.13 Å². The molecule has 148 valence electrons. The normalized spacial score (nSPS) is 19.9. The highest BCUT2D eigenvalue weighted by Gasteiger charge is 2.25. The SMILES string of the molecule is C[C@@H]1CN(c2cc3nc(-n4c(=O)ccc5ccccc54)[nH]c3cc2F)C[C@H](C)O1. The number of aromatic nitrogens is 3. The Labute approximate surface area is 166 Å². The first kappa shape index (κ1) is 17.9. The van der Waals surface area contributed by atoms with Crippen LogP contribution in [-0.2, 0) is 4.74 Å². The number of halogens is 1. The van der Waals surface area contributed by atoms with Crippen LogP contribution in [-0.4, -0.2) is 39.8 Å². The largest absolute Gasteiger partial charge is 0.372 e. The number of morpholine rings is 1. The van der Waals surface area contributed by atoms with Crippen LogP contribution in [0.5, 0.6) is 0 Å². The van der Waals surface area contributed by atoms with Gasteiger partial charge in [-0.3, -0.25) is 4.79 Å². The van der Waals surface area contributed by atoms with Gasteiger partial charge in [0.1, 0.15) is 5.82 Å². The molecule has 1 saturated heterocycles. The van der Waals surface area contributed by atoms with Gasteiger partial charge in [0, 0.05) is 25.2 Å². The van der Waals surface area contributed by atoms with Gasteiger partial charge in [-0.2, -0.15) is 0 Å². The fraction of sp³-hybridized carbons (Fsp3) is 0.273. The van der Waals surface area contributed by atoms with Crippen molar-refractivity contribution in [2.24, 2.45) is 0 Å². The van der Waals surface area contributed by atoms with Gasteiger partial charge in [-0.05, 0) is 37.4 Å². The van der Waals surface area contributed by atoms with E-state index >= 15 is 0 Å². The highest BCUT2D eigenvalue weighted by molar-refractivity contribution is 5.83. The van der Waals surface area contributed by atoms with Gasteiger partial charge in [0.25, 0.3) is 5.56 Å². The fourth-order valence-electron chi connectivity index (χ4n) is 4.13. The van der Waals surface area contributed by atoms with E-state index in [1.165, 1.54) is 16.7 Å². The van der Waals surface area contributed by atoms with Crippen molar-refractivity contribution in [3.05, 3.63) is 64.7 Å². The number of fused-ring (bicyclic) bond motifs is 2. The van der Waals surface area contributed by atoms with Crippen molar-refractivity contribution in [3.8, 4) is 5.95 Å². The summed E-state index contributed by atoms with van der Waals surface area (Å²) in [6.07, 6.45) is 0.0516. The maximum absolute atomic E-state index is 14.9. The minimum atomic E-state index is -0.320. The molecule has 0 bridgehead atoms. The van der Waals surface area contributed by atoms with Gasteiger partial charge in [0.05, 0.1) is 34.4 Å². The van der Waals surface area contributed by atoms with Gasteiger partial charge in [-0.25, -0.2) is 13.9 Å². The number of ether oxygens (including phenoxy) is 1. The van der Waals surface area contributed by atoms with Crippen LogP contribution in [0.2, 0.25) is 0 Å². The molecule has 1 aliphatic heterocycles. The van der Waals surface area contributed by atoms with Crippen LogP contribution in [0.1, 0.15) is 13.8 Å². The minimum absolute atomic E-state index is 0.0258. The summed E-state index contributed by atoms with van der Waals surface area (Å²) in [4.78, 5) is 22.3. The summed E-state index contributed by atoms with van der Waals surface area (Å²) in [6.45, 7) is 5.21. The molecule has 0 radical (unpaired) electrons. The molecule has 5 rings (SSSR count). The summed E-state index contributed by atoms with van der Waals surface area (Å²) < 4.78 is 22.2. The van der Waals surface area contributed by atoms with Crippen LogP contribution in [0.15, 0.2) is 53.3 Å². The van der Waals surface area contributed by atoms with Crippen molar-refractivity contribution >= 4 is 27.6 Å². The number of para-hydroxylation sites is 1. The molecule has 2 aromatic heterocycles. The summed E-state index contributed by atoms with van der Waals surface area (Å²) in [6, 6.07) is 14.1. The van der Waals surface area contributed by atoms with Gasteiger partial charge in [-0.15, -0.1) is 0 Å². The molecule has 0 aliphatic carbocycles. The van der Waals surface area contributed by atoms with Crippen molar-refractivity contribution in [1.82, 2.24) is 14.5 Å². The Balaban J connectivity index is 1.64. The van der Waals surface area contributed by atoms with E-state index in [9.17, 15) is 9.18 Å². The third-order valence-corrected chi connectivity index (χ3v) is 5.31. The number of rotatable bonds is 2. The number of anilines is 1. The zero-order chi connectivity index (χ0) is 20.1. The Kier molecular flexibility index (Phi) is 4.13. The topological polar surface area (TPSA) is 63.2 Å². The summed E-state index contributed by atoms with van der Waals surface area (Å²) in [7, 11) is 0. The molecule has 1 aliphatic rings. The van der Waals surface area contributed by atoms with Crippen LogP contribution in [0.3, 0.4) is 0 Å². The first-order valence-electron chi connectivity index (χ1n) is 9.70. The van der Waals surface area contributed by atoms with Gasteiger partial charge >= 0.3 is 0 Å². The van der Waals surface area contributed by atoms with Gasteiger partial charge < -0.3 is 14.6 Å². The van der Waals surface area contributed by atoms with E-state index in [4.69, 9.17) is 4.74 Å². The number of nitrogens with one attached hydrogen (secondary N) is 1. The Morgan fingerprint density at radius 1 is 1.10 bits per heavy atom. The number of benzene rings is 2. The Bertz CT molecular complexity index is 1270. The number of imidazole rings is 1. The second kappa shape index (κ2) is 6.70. The van der Waals surface area contributed by atoms with Crippen molar-refractivity contribution in [2.75, 3.05) is 18.0 Å². The van der Waals surface area contributed by atoms with E-state index in [1.807, 2.05) is 43.0 Å². The monoisotopic (exact) mass is 392 g/mol. The van der Waals surface area contributed by atoms with E-state index in [2.05, 4.69) is 9.97 Å². The lowest BCUT2D eigenvalue weighted by Gasteiger charge is -2.36. The van der Waals surface area contributed by atoms with Crippen LogP contribution in [0, 0.1) is 5.82 Å². The molecule has 6 nitrogen and oxygen atoms in total. The number of hydrogen-bond acceptors (Lipinski definition) is 4. The van der Waals surface area contributed by atoms with Crippen LogP contribution in [0.4, 0.5) is 10.1 Å². The lowest BCUT2D eigenvalue weighted by atomic mass is 10.2. The smallest absolute Gasteiger partial charge is 0.257 e. The third-order valence-electron chi connectivity index (χ3n) is 5.31. The van der Waals surface area contributed by atoms with E-state index < -0.39 is 0 Å². The molecule has 0 spiro atoms. The highest BCUT2D eigenvalue weighted by Crippen LogP contribution is 2.28. The van der Waals surface area contributed by atoms with Crippen molar-refractivity contribution in [1.29, 1.82) is 0 Å². The quantitative estimate of drug-likeness (QED) is 0.566. The van der Waals surface area contributed by atoms with Crippen molar-refractivity contribution in [2.45, 2.75) is 26.1 Å². The number of H-pyrrole nitrogens is 1. The molecule has 29 heavy (non-hydrogen) atoms. The second-order valence-electron chi connectivity index (χ2n) is 7.61. The van der Waals surface area contributed by atoms with E-state index in [0.717, 1.165) is 10.9 Å². The molecule has 0 unspecified atom stereocenters. The predicted octanol–water partition coefficient (Wildman–Crippen LogP) is 3.62. The number of pyridine rings is 1. The lowest BCUT2D eigenvalue weighted by molar-refractivity contribution is -0.00538. The van der Waals surface area contributed by atoms with Crippen LogP contribution in [0.25, 0.3) is 27.9 Å². The maximum Gasteiger partial charge on any atom is 0.257 e. The standard InChI is InChI=1S/C22H21FN4O2/c1-13-11-26(12-14(2)29-13)20-10-18-17(9-16(20)23)24-22(25-18)27-19-6-4-3-5-15(19)7-8-21(27)28/h3-10,13-14H,11-12H2,1-2H3,(H,24,25)/t13-,14+. The fourth-order valence-corrected chi connectivity index (χ4v) is 4.13. The zero-order valence-electron chi connectivity index (χ0n) is 16.2. The highest BCUT2D eigenvalue weighted by atomic mass is 19.1. The first-order chi connectivity index (χ1) is 14.0. The third kappa shape index (κ3) is 3.07. The summed E-state index contributed by atoms with van der Waals surface area (Å²) in [5, 5.41) is 0.927. The Morgan fingerprint density at radius 2 is 1.86 bits per heavy atom. The average molecular weight is 392 g/mol. The molecule has 1 fully saturated rings. The van der Waals surface area contributed by atoms with E-state index in [-0.39, 0.29) is 23.6 Å². The number of nitrogens with zero attached hydrogens (tertiary/aromatic N) is 3. The average Bonchev–Trinajstić information content (AvgIpc) is 3.08.